The smallest absolute Gasteiger partial charge is 0.307 e. The minimum Gasteiger partial charge on any atom is -0.481 e. The van der Waals surface area contributed by atoms with E-state index < -0.39 is 24.0 Å². The van der Waals surface area contributed by atoms with E-state index in [1.54, 1.807) is 10.9 Å². The van der Waals surface area contributed by atoms with E-state index in [1.807, 2.05) is 32.0 Å². The zero-order valence-corrected chi connectivity index (χ0v) is 18.7. The topological polar surface area (TPSA) is 148 Å². The van der Waals surface area contributed by atoms with Crippen molar-refractivity contribution in [2.45, 2.75) is 26.3 Å². The summed E-state index contributed by atoms with van der Waals surface area (Å²) in [7, 11) is 0. The molecule has 0 spiro atoms. The monoisotopic (exact) mass is 478 g/mol. The maximum absolute atomic E-state index is 14.6. The Hall–Kier alpha value is -4.61. The summed E-state index contributed by atoms with van der Waals surface area (Å²) in [5.41, 5.74) is 8.40. The molecule has 0 fully saturated rings. The third kappa shape index (κ3) is 3.88. The number of hydrogen-bond donors (Lipinski definition) is 4. The average molecular weight is 478 g/mol. The van der Waals surface area contributed by atoms with Gasteiger partial charge >= 0.3 is 5.97 Å². The minimum atomic E-state index is -1.27. The highest BCUT2D eigenvalue weighted by Gasteiger charge is 2.22. The summed E-state index contributed by atoms with van der Waals surface area (Å²) in [5.74, 6) is -2.95. The van der Waals surface area contributed by atoms with Crippen molar-refractivity contribution in [1.29, 1.82) is 0 Å². The number of nitrogens with zero attached hydrogens (tertiary/aromatic N) is 5. The first-order valence-corrected chi connectivity index (χ1v) is 10.7. The predicted molar refractivity (Wildman–Crippen MR) is 126 cm³/mol. The highest BCUT2D eigenvalue weighted by Crippen LogP contribution is 2.36. The third-order valence-electron chi connectivity index (χ3n) is 5.53. The molecule has 178 valence electrons. The Labute approximate surface area is 196 Å². The van der Waals surface area contributed by atoms with Gasteiger partial charge in [-0.15, -0.1) is 0 Å². The molecule has 12 heteroatoms. The lowest BCUT2D eigenvalue weighted by molar-refractivity contribution is -0.136. The largest absolute Gasteiger partial charge is 0.481 e. The van der Waals surface area contributed by atoms with E-state index in [4.69, 9.17) is 15.9 Å². The number of aromatic nitrogens is 6. The second-order valence-corrected chi connectivity index (χ2v) is 8.27. The van der Waals surface area contributed by atoms with Gasteiger partial charge in [0, 0.05) is 28.6 Å². The molecule has 0 aliphatic carbocycles. The van der Waals surface area contributed by atoms with Gasteiger partial charge in [-0.25, -0.2) is 13.5 Å². The molecule has 2 aromatic carbocycles. The van der Waals surface area contributed by atoms with E-state index in [0.29, 0.717) is 16.7 Å². The van der Waals surface area contributed by atoms with Crippen LogP contribution in [0.1, 0.15) is 25.5 Å². The first kappa shape index (κ1) is 22.2. The van der Waals surface area contributed by atoms with E-state index in [9.17, 15) is 13.6 Å². The van der Waals surface area contributed by atoms with E-state index >= 15 is 0 Å². The zero-order chi connectivity index (χ0) is 24.9. The molecule has 5 N–H and O–H groups in total. The Kier molecular flexibility index (Phi) is 5.27. The molecule has 0 aliphatic heterocycles. The lowest BCUT2D eigenvalue weighted by Gasteiger charge is -2.11. The molecule has 0 atom stereocenters. The Morgan fingerprint density at radius 2 is 2.03 bits per heavy atom. The Bertz CT molecular complexity index is 1610. The molecular formula is C23H20F2N8O2. The molecule has 5 aromatic rings. The quantitative estimate of drug-likeness (QED) is 0.284. The SMILES string of the molecule is CC(C)n1nc(-c2cccc3[nH]ncc23)c2c(N)nc(Nc3cc(F)c(CC(=O)O)cc3F)nc21. The van der Waals surface area contributed by atoms with Gasteiger partial charge in [0.05, 0.1) is 29.2 Å². The first-order chi connectivity index (χ1) is 16.7. The lowest BCUT2D eigenvalue weighted by Crippen LogP contribution is -2.08. The van der Waals surface area contributed by atoms with Crippen LogP contribution in [0, 0.1) is 11.6 Å². The number of hydrogen-bond acceptors (Lipinski definition) is 7. The molecule has 0 amide bonds. The van der Waals surface area contributed by atoms with Crippen LogP contribution in [-0.2, 0) is 11.2 Å². The normalized spacial score (nSPS) is 11.6. The molecule has 0 radical (unpaired) electrons. The number of aromatic amines is 1. The van der Waals surface area contributed by atoms with Crippen LogP contribution in [0.25, 0.3) is 33.2 Å². The summed E-state index contributed by atoms with van der Waals surface area (Å²) < 4.78 is 30.6. The molecule has 0 saturated heterocycles. The lowest BCUT2D eigenvalue weighted by atomic mass is 10.1. The van der Waals surface area contributed by atoms with E-state index in [1.165, 1.54) is 0 Å². The van der Waals surface area contributed by atoms with Gasteiger partial charge in [-0.1, -0.05) is 12.1 Å². The van der Waals surface area contributed by atoms with E-state index in [-0.39, 0.29) is 29.1 Å². The molecular weight excluding hydrogens is 458 g/mol. The third-order valence-corrected chi connectivity index (χ3v) is 5.53. The highest BCUT2D eigenvalue weighted by molar-refractivity contribution is 6.05. The van der Waals surface area contributed by atoms with Gasteiger partial charge in [0.25, 0.3) is 0 Å². The predicted octanol–water partition coefficient (Wildman–Crippen LogP) is 4.18. The number of fused-ring (bicyclic) bond motifs is 2. The van der Waals surface area contributed by atoms with Gasteiger partial charge in [-0.3, -0.25) is 9.89 Å². The molecule has 0 bridgehead atoms. The molecule has 5 rings (SSSR count). The number of carbonyl (C=O) groups is 1. The molecule has 0 saturated carbocycles. The number of H-pyrrole nitrogens is 1. The maximum atomic E-state index is 14.6. The van der Waals surface area contributed by atoms with Crippen molar-refractivity contribution in [3.05, 3.63) is 53.7 Å². The Morgan fingerprint density at radius 1 is 1.23 bits per heavy atom. The number of nitrogens with two attached hydrogens (primary N) is 1. The van der Waals surface area contributed by atoms with Crippen molar-refractivity contribution >= 4 is 45.4 Å². The van der Waals surface area contributed by atoms with Crippen molar-refractivity contribution in [1.82, 2.24) is 29.9 Å². The molecule has 3 heterocycles. The first-order valence-electron chi connectivity index (χ1n) is 10.7. The fourth-order valence-electron chi connectivity index (χ4n) is 3.95. The number of carboxylic acids is 1. The number of aliphatic carboxylic acids is 1. The van der Waals surface area contributed by atoms with Crippen LogP contribution in [-0.4, -0.2) is 41.0 Å². The molecule has 35 heavy (non-hydrogen) atoms. The van der Waals surface area contributed by atoms with E-state index in [2.05, 4.69) is 25.5 Å². The molecule has 0 aliphatic rings. The van der Waals surface area contributed by atoms with Gasteiger partial charge in [0.2, 0.25) is 5.95 Å². The van der Waals surface area contributed by atoms with Gasteiger partial charge in [0.15, 0.2) is 5.65 Å². The Balaban J connectivity index is 1.63. The standard InChI is InChI=1S/C23H20F2N8O2/c1-10(2)33-22-19(20(32-33)12-4-3-5-16-13(12)9-27-31-16)21(26)29-23(30-22)28-17-8-14(24)11(6-15(17)25)7-18(34)35/h3-6,8-10H,7H2,1-2H3,(H,27,31)(H,34,35)(H3,26,28,29,30). The Morgan fingerprint density at radius 3 is 2.77 bits per heavy atom. The molecule has 10 nitrogen and oxygen atoms in total. The van der Waals surface area contributed by atoms with E-state index in [0.717, 1.165) is 28.6 Å². The molecule has 3 aromatic heterocycles. The summed E-state index contributed by atoms with van der Waals surface area (Å²) in [6.07, 6.45) is 1.06. The summed E-state index contributed by atoms with van der Waals surface area (Å²) in [6, 6.07) is 7.26. The number of carboxylic acid groups (broad SMARTS) is 1. The summed E-state index contributed by atoms with van der Waals surface area (Å²) in [5, 5.41) is 24.6. The number of rotatable bonds is 6. The maximum Gasteiger partial charge on any atom is 0.307 e. The summed E-state index contributed by atoms with van der Waals surface area (Å²) in [4.78, 5) is 19.6. The summed E-state index contributed by atoms with van der Waals surface area (Å²) >= 11 is 0. The van der Waals surface area contributed by atoms with Crippen molar-refractivity contribution in [3.63, 3.8) is 0 Å². The van der Waals surface area contributed by atoms with Crippen molar-refractivity contribution in [2.24, 2.45) is 0 Å². The van der Waals surface area contributed by atoms with Gasteiger partial charge < -0.3 is 16.2 Å². The van der Waals surface area contributed by atoms with Crippen LogP contribution >= 0.6 is 0 Å². The van der Waals surface area contributed by atoms with Gasteiger partial charge in [0.1, 0.15) is 23.1 Å². The number of nitrogens with one attached hydrogen (secondary N) is 2. The van der Waals surface area contributed by atoms with Gasteiger partial charge in [-0.2, -0.15) is 20.2 Å². The van der Waals surface area contributed by atoms with Crippen molar-refractivity contribution < 1.29 is 18.7 Å². The van der Waals surface area contributed by atoms with Crippen molar-refractivity contribution in [2.75, 3.05) is 11.1 Å². The van der Waals surface area contributed by atoms with Gasteiger partial charge in [-0.05, 0) is 26.0 Å². The molecule has 0 unspecified atom stereocenters. The number of nitrogen functional groups attached to an aromatic ring is 1. The summed E-state index contributed by atoms with van der Waals surface area (Å²) in [6.45, 7) is 3.85. The number of anilines is 3. The highest BCUT2D eigenvalue weighted by atomic mass is 19.1. The van der Waals surface area contributed by atoms with Crippen LogP contribution in [0.3, 0.4) is 0 Å². The zero-order valence-electron chi connectivity index (χ0n) is 18.7. The number of benzene rings is 2. The second kappa shape index (κ2) is 8.31. The van der Waals surface area contributed by atoms with Crippen LogP contribution in [0.4, 0.5) is 26.2 Å². The average Bonchev–Trinajstić information content (AvgIpc) is 3.42. The second-order valence-electron chi connectivity index (χ2n) is 8.27. The number of halogens is 2. The minimum absolute atomic E-state index is 0.0610. The van der Waals surface area contributed by atoms with Crippen LogP contribution in [0.5, 0.6) is 0 Å². The fraction of sp³-hybridized carbons (Fsp3) is 0.174. The van der Waals surface area contributed by atoms with Crippen LogP contribution in [0.2, 0.25) is 0 Å². The fourth-order valence-corrected chi connectivity index (χ4v) is 3.95. The van der Waals surface area contributed by atoms with Crippen molar-refractivity contribution in [3.8, 4) is 11.3 Å². The van der Waals surface area contributed by atoms with Crippen LogP contribution < -0.4 is 11.1 Å². The van der Waals surface area contributed by atoms with Crippen LogP contribution in [0.15, 0.2) is 36.5 Å².